The lowest BCUT2D eigenvalue weighted by molar-refractivity contribution is -0.150. The van der Waals surface area contributed by atoms with Crippen LogP contribution in [0.15, 0.2) is 48.8 Å². The van der Waals surface area contributed by atoms with E-state index >= 15 is 0 Å². The van der Waals surface area contributed by atoms with Gasteiger partial charge in [0.15, 0.2) is 0 Å². The molecule has 0 unspecified atom stereocenters. The van der Waals surface area contributed by atoms with E-state index < -0.39 is 36.5 Å². The van der Waals surface area contributed by atoms with E-state index in [9.17, 15) is 31.1 Å². The van der Waals surface area contributed by atoms with Gasteiger partial charge in [-0.2, -0.15) is 31.3 Å². The zero-order valence-electron chi connectivity index (χ0n) is 14.3. The third-order valence-electron chi connectivity index (χ3n) is 3.62. The van der Waals surface area contributed by atoms with Gasteiger partial charge in [-0.25, -0.2) is 4.68 Å². The number of amides is 1. The number of pyridine rings is 1. The molecule has 1 amide bonds. The summed E-state index contributed by atoms with van der Waals surface area (Å²) in [7, 11) is 0. The Morgan fingerprint density at radius 3 is 2.41 bits per heavy atom. The Kier molecular flexibility index (Phi) is 5.27. The molecule has 152 valence electrons. The molecule has 2 heterocycles. The Balaban J connectivity index is 1.87. The molecule has 0 bridgehead atoms. The number of hydrogen-bond acceptors (Lipinski definition) is 4. The molecule has 1 N–H and O–H groups in total. The number of aromatic nitrogens is 4. The van der Waals surface area contributed by atoms with Gasteiger partial charge in [0.25, 0.3) is 11.7 Å². The molecule has 0 radical (unpaired) electrons. The van der Waals surface area contributed by atoms with Crippen LogP contribution in [0.4, 0.5) is 32.0 Å². The zero-order chi connectivity index (χ0) is 21.2. The number of carbonyl (C=O) groups excluding carboxylic acids is 1. The molecular weight excluding hydrogens is 404 g/mol. The van der Waals surface area contributed by atoms with Crippen LogP contribution in [-0.4, -0.2) is 25.7 Å². The van der Waals surface area contributed by atoms with Crippen LogP contribution in [0.1, 0.15) is 27.6 Å². The highest BCUT2D eigenvalue weighted by molar-refractivity contribution is 6.04. The number of benzene rings is 1. The van der Waals surface area contributed by atoms with Gasteiger partial charge in [0.1, 0.15) is 0 Å². The summed E-state index contributed by atoms with van der Waals surface area (Å²) in [6, 6.07) is 8.58. The Hall–Kier alpha value is -3.44. The second kappa shape index (κ2) is 7.53. The molecule has 0 aliphatic heterocycles. The van der Waals surface area contributed by atoms with Crippen molar-refractivity contribution in [2.24, 2.45) is 0 Å². The maximum absolute atomic E-state index is 13.0. The van der Waals surface area contributed by atoms with E-state index in [1.807, 2.05) is 0 Å². The lowest BCUT2D eigenvalue weighted by Crippen LogP contribution is -2.17. The van der Waals surface area contributed by atoms with E-state index in [0.29, 0.717) is 5.69 Å². The fraction of sp³-hybridized carbons (Fsp3) is 0.176. The molecule has 6 nitrogen and oxygen atoms in total. The van der Waals surface area contributed by atoms with Crippen LogP contribution in [0, 0.1) is 0 Å². The third-order valence-corrected chi connectivity index (χ3v) is 3.62. The lowest BCUT2D eigenvalue weighted by Gasteiger charge is -2.10. The van der Waals surface area contributed by atoms with Crippen LogP contribution in [0.2, 0.25) is 0 Å². The van der Waals surface area contributed by atoms with Gasteiger partial charge in [-0.15, -0.1) is 5.10 Å². The minimum absolute atomic E-state index is 0.0936. The molecule has 2 aromatic heterocycles. The fourth-order valence-electron chi connectivity index (χ4n) is 2.41. The Bertz CT molecular complexity index is 1010. The molecule has 3 aromatic rings. The van der Waals surface area contributed by atoms with Crippen LogP contribution >= 0.6 is 0 Å². The zero-order valence-corrected chi connectivity index (χ0v) is 14.3. The minimum Gasteiger partial charge on any atom is -0.321 e. The molecule has 0 spiro atoms. The van der Waals surface area contributed by atoms with Crippen LogP contribution in [0.25, 0.3) is 0 Å². The summed E-state index contributed by atoms with van der Waals surface area (Å²) in [5, 5.41) is 5.48. The second-order valence-corrected chi connectivity index (χ2v) is 5.81. The van der Waals surface area contributed by atoms with Gasteiger partial charge in [-0.05, 0) is 29.8 Å². The highest BCUT2D eigenvalue weighted by atomic mass is 19.4. The van der Waals surface area contributed by atoms with E-state index in [2.05, 4.69) is 20.4 Å². The number of alkyl halides is 6. The Morgan fingerprint density at radius 1 is 1.03 bits per heavy atom. The van der Waals surface area contributed by atoms with Crippen molar-refractivity contribution in [2.75, 3.05) is 5.32 Å². The molecule has 1 aromatic carbocycles. The van der Waals surface area contributed by atoms with Crippen molar-refractivity contribution in [3.05, 3.63) is 71.6 Å². The maximum atomic E-state index is 13.0. The summed E-state index contributed by atoms with van der Waals surface area (Å²) >= 11 is 0. The van der Waals surface area contributed by atoms with Crippen molar-refractivity contribution in [2.45, 2.75) is 18.9 Å². The van der Waals surface area contributed by atoms with Gasteiger partial charge in [-0.1, -0.05) is 12.1 Å². The highest BCUT2D eigenvalue weighted by Crippen LogP contribution is 2.32. The summed E-state index contributed by atoms with van der Waals surface area (Å²) in [4.78, 5) is 18.7. The molecule has 12 heteroatoms. The first-order valence-electron chi connectivity index (χ1n) is 7.93. The van der Waals surface area contributed by atoms with Gasteiger partial charge < -0.3 is 5.32 Å². The fourth-order valence-corrected chi connectivity index (χ4v) is 2.41. The van der Waals surface area contributed by atoms with E-state index in [-0.39, 0.29) is 15.8 Å². The first-order valence-corrected chi connectivity index (χ1v) is 7.93. The largest absolute Gasteiger partial charge is 0.453 e. The van der Waals surface area contributed by atoms with Crippen LogP contribution in [0.3, 0.4) is 0 Å². The van der Waals surface area contributed by atoms with Gasteiger partial charge >= 0.3 is 12.4 Å². The first kappa shape index (κ1) is 20.3. The van der Waals surface area contributed by atoms with E-state index in [1.165, 1.54) is 36.7 Å². The molecular formula is C17H11F6N5O. The van der Waals surface area contributed by atoms with Crippen molar-refractivity contribution in [3.63, 3.8) is 0 Å². The van der Waals surface area contributed by atoms with Gasteiger partial charge in [-0.3, -0.25) is 9.78 Å². The summed E-state index contributed by atoms with van der Waals surface area (Å²) in [6.07, 6.45) is -7.37. The Morgan fingerprint density at radius 2 is 1.79 bits per heavy atom. The van der Waals surface area contributed by atoms with E-state index in [0.717, 1.165) is 0 Å². The summed E-state index contributed by atoms with van der Waals surface area (Å²) in [6.45, 7) is -0.661. The number of anilines is 1. The number of rotatable bonds is 4. The molecule has 0 fully saturated rings. The summed E-state index contributed by atoms with van der Waals surface area (Å²) < 4.78 is 77.4. The van der Waals surface area contributed by atoms with Gasteiger partial charge in [0.2, 0.25) is 5.82 Å². The van der Waals surface area contributed by atoms with Gasteiger partial charge in [0.05, 0.1) is 18.4 Å². The van der Waals surface area contributed by atoms with Gasteiger partial charge in [0, 0.05) is 11.8 Å². The predicted octanol–water partition coefficient (Wildman–Crippen LogP) is 4.01. The van der Waals surface area contributed by atoms with Crippen LogP contribution in [0.5, 0.6) is 0 Å². The molecule has 0 saturated heterocycles. The first-order chi connectivity index (χ1) is 13.5. The number of halogens is 6. The van der Waals surface area contributed by atoms with E-state index in [1.54, 1.807) is 12.1 Å². The third kappa shape index (κ3) is 4.89. The monoisotopic (exact) mass is 415 g/mol. The van der Waals surface area contributed by atoms with Crippen molar-refractivity contribution in [3.8, 4) is 0 Å². The standard InChI is InChI=1S/C17H11F6N5O/c18-16(19,20)14-26-15(17(21,22)23)28(27-14)9-10-3-1-4-11(7-10)13(29)25-12-5-2-6-24-8-12/h1-8H,9H2,(H,25,29). The smallest absolute Gasteiger partial charge is 0.321 e. The SMILES string of the molecule is O=C(Nc1cccnc1)c1cccc(Cn2nc(C(F)(F)F)nc2C(F)(F)F)c1. The molecule has 0 aliphatic carbocycles. The number of hydrogen-bond donors (Lipinski definition) is 1. The lowest BCUT2D eigenvalue weighted by atomic mass is 10.1. The minimum atomic E-state index is -5.13. The van der Waals surface area contributed by atoms with Crippen molar-refractivity contribution < 1.29 is 31.1 Å². The summed E-state index contributed by atoms with van der Waals surface area (Å²) in [5.74, 6) is -4.24. The van der Waals surface area contributed by atoms with Crippen LogP contribution in [-0.2, 0) is 18.9 Å². The maximum Gasteiger partial charge on any atom is 0.453 e. The average Bonchev–Trinajstić information content (AvgIpc) is 3.07. The number of nitrogens with zero attached hydrogens (tertiary/aromatic N) is 4. The molecule has 0 aliphatic rings. The normalized spacial score (nSPS) is 12.1. The topological polar surface area (TPSA) is 72.7 Å². The second-order valence-electron chi connectivity index (χ2n) is 5.81. The molecule has 0 saturated carbocycles. The van der Waals surface area contributed by atoms with Crippen molar-refractivity contribution in [1.82, 2.24) is 19.7 Å². The Labute approximate surface area is 159 Å². The van der Waals surface area contributed by atoms with Crippen molar-refractivity contribution >= 4 is 11.6 Å². The molecule has 3 rings (SSSR count). The van der Waals surface area contributed by atoms with Crippen LogP contribution < -0.4 is 5.32 Å². The van der Waals surface area contributed by atoms with E-state index in [4.69, 9.17) is 0 Å². The molecule has 0 atom stereocenters. The molecule has 29 heavy (non-hydrogen) atoms. The summed E-state index contributed by atoms with van der Waals surface area (Å²) in [5.41, 5.74) is 0.623. The predicted molar refractivity (Wildman–Crippen MR) is 87.8 cm³/mol. The highest BCUT2D eigenvalue weighted by Gasteiger charge is 2.43. The quantitative estimate of drug-likeness (QED) is 0.654. The average molecular weight is 415 g/mol. The number of carbonyl (C=O) groups is 1. The number of nitrogens with one attached hydrogen (secondary N) is 1. The van der Waals surface area contributed by atoms with Crippen molar-refractivity contribution in [1.29, 1.82) is 0 Å².